The summed E-state index contributed by atoms with van der Waals surface area (Å²) in [4.78, 5) is 40.3. The second kappa shape index (κ2) is 9.21. The lowest BCUT2D eigenvalue weighted by atomic mass is 10.1. The lowest BCUT2D eigenvalue weighted by Crippen LogP contribution is -2.37. The van der Waals surface area contributed by atoms with E-state index in [1.165, 1.54) is 9.58 Å². The van der Waals surface area contributed by atoms with Crippen LogP contribution in [0.15, 0.2) is 64.3 Å². The van der Waals surface area contributed by atoms with Crippen molar-refractivity contribution in [3.63, 3.8) is 0 Å². The molecular formula is C24H22N4O3S2. The second-order valence-corrected chi connectivity index (χ2v) is 9.34. The molecule has 1 aliphatic rings. The van der Waals surface area contributed by atoms with Gasteiger partial charge >= 0.3 is 0 Å². The third-order valence-corrected chi connectivity index (χ3v) is 6.75. The van der Waals surface area contributed by atoms with Gasteiger partial charge in [-0.05, 0) is 37.6 Å². The SMILES string of the molecule is Cc1ccc(C=C2SC(=S)N(CC(=O)Nc3c(C)n(C)n(-c4ccccc4)c3=O)C2=O)cc1. The molecule has 1 aromatic heterocycles. The van der Waals surface area contributed by atoms with Gasteiger partial charge in [0.25, 0.3) is 11.5 Å². The largest absolute Gasteiger partial charge is 0.318 e. The van der Waals surface area contributed by atoms with E-state index in [4.69, 9.17) is 12.2 Å². The summed E-state index contributed by atoms with van der Waals surface area (Å²) in [6, 6.07) is 16.9. The molecule has 4 rings (SSSR count). The predicted molar refractivity (Wildman–Crippen MR) is 135 cm³/mol. The van der Waals surface area contributed by atoms with Crippen molar-refractivity contribution in [2.45, 2.75) is 13.8 Å². The molecule has 0 unspecified atom stereocenters. The maximum atomic E-state index is 13.0. The van der Waals surface area contributed by atoms with Crippen molar-refractivity contribution < 1.29 is 9.59 Å². The molecule has 0 saturated carbocycles. The van der Waals surface area contributed by atoms with Gasteiger partial charge in [0.2, 0.25) is 5.91 Å². The van der Waals surface area contributed by atoms with Gasteiger partial charge < -0.3 is 5.32 Å². The van der Waals surface area contributed by atoms with Gasteiger partial charge in [-0.1, -0.05) is 72.0 Å². The highest BCUT2D eigenvalue weighted by molar-refractivity contribution is 8.26. The lowest BCUT2D eigenvalue weighted by Gasteiger charge is -2.13. The highest BCUT2D eigenvalue weighted by atomic mass is 32.2. The first kappa shape index (κ1) is 22.8. The van der Waals surface area contributed by atoms with E-state index in [1.54, 1.807) is 24.7 Å². The molecule has 2 amide bonds. The summed E-state index contributed by atoms with van der Waals surface area (Å²) in [6.45, 7) is 3.47. The van der Waals surface area contributed by atoms with Gasteiger partial charge in [0.1, 0.15) is 16.6 Å². The fourth-order valence-electron chi connectivity index (χ4n) is 3.49. The quantitative estimate of drug-likeness (QED) is 0.448. The Bertz CT molecular complexity index is 1340. The van der Waals surface area contributed by atoms with Gasteiger partial charge in [-0.15, -0.1) is 0 Å². The number of thioether (sulfide) groups is 1. The van der Waals surface area contributed by atoms with Crippen molar-refractivity contribution in [1.82, 2.24) is 14.3 Å². The molecule has 0 atom stereocenters. The van der Waals surface area contributed by atoms with E-state index in [0.29, 0.717) is 20.6 Å². The number of anilines is 1. The molecule has 1 fully saturated rings. The molecule has 1 aliphatic heterocycles. The average molecular weight is 479 g/mol. The van der Waals surface area contributed by atoms with Crippen molar-refractivity contribution in [3.8, 4) is 5.69 Å². The topological polar surface area (TPSA) is 76.3 Å². The first-order chi connectivity index (χ1) is 15.8. The lowest BCUT2D eigenvalue weighted by molar-refractivity contribution is -0.126. The third kappa shape index (κ3) is 4.55. The highest BCUT2D eigenvalue weighted by Gasteiger charge is 2.33. The summed E-state index contributed by atoms with van der Waals surface area (Å²) < 4.78 is 3.46. The number of aryl methyl sites for hydroxylation is 1. The monoisotopic (exact) mass is 478 g/mol. The van der Waals surface area contributed by atoms with E-state index in [-0.39, 0.29) is 23.7 Å². The van der Waals surface area contributed by atoms with Crippen molar-refractivity contribution in [3.05, 3.63) is 86.7 Å². The summed E-state index contributed by atoms with van der Waals surface area (Å²) in [6.07, 6.45) is 1.76. The molecule has 0 radical (unpaired) electrons. The summed E-state index contributed by atoms with van der Waals surface area (Å²) >= 11 is 6.49. The van der Waals surface area contributed by atoms with E-state index in [2.05, 4.69) is 5.32 Å². The summed E-state index contributed by atoms with van der Waals surface area (Å²) in [7, 11) is 1.75. The Morgan fingerprint density at radius 1 is 1.06 bits per heavy atom. The molecule has 3 aromatic rings. The van der Waals surface area contributed by atoms with Crippen LogP contribution in [0.4, 0.5) is 5.69 Å². The molecular weight excluding hydrogens is 456 g/mol. The van der Waals surface area contributed by atoms with Crippen molar-refractivity contribution >= 4 is 51.9 Å². The van der Waals surface area contributed by atoms with Gasteiger partial charge in [0, 0.05) is 7.05 Å². The number of para-hydroxylation sites is 1. The molecule has 2 aromatic carbocycles. The number of hydrogen-bond acceptors (Lipinski definition) is 5. The van der Waals surface area contributed by atoms with Crippen LogP contribution in [0.2, 0.25) is 0 Å². The molecule has 0 aliphatic carbocycles. The number of benzene rings is 2. The predicted octanol–water partition coefficient (Wildman–Crippen LogP) is 3.63. The van der Waals surface area contributed by atoms with Gasteiger partial charge in [-0.25, -0.2) is 4.68 Å². The zero-order valence-electron chi connectivity index (χ0n) is 18.4. The number of carbonyl (C=O) groups excluding carboxylic acids is 2. The molecule has 168 valence electrons. The molecule has 0 bridgehead atoms. The van der Waals surface area contributed by atoms with Gasteiger partial charge in [-0.2, -0.15) is 0 Å². The Labute approximate surface area is 200 Å². The van der Waals surface area contributed by atoms with Gasteiger partial charge in [-0.3, -0.25) is 24.0 Å². The minimum absolute atomic E-state index is 0.173. The maximum Gasteiger partial charge on any atom is 0.295 e. The van der Waals surface area contributed by atoms with Crippen molar-refractivity contribution in [2.75, 3.05) is 11.9 Å². The van der Waals surface area contributed by atoms with E-state index >= 15 is 0 Å². The molecule has 2 heterocycles. The van der Waals surface area contributed by atoms with Crippen LogP contribution in [-0.4, -0.2) is 36.9 Å². The third-order valence-electron chi connectivity index (χ3n) is 5.37. The Morgan fingerprint density at radius 2 is 1.73 bits per heavy atom. The second-order valence-electron chi connectivity index (χ2n) is 7.66. The summed E-state index contributed by atoms with van der Waals surface area (Å²) in [5.74, 6) is -0.818. The van der Waals surface area contributed by atoms with Crippen LogP contribution in [0.3, 0.4) is 0 Å². The Kier molecular flexibility index (Phi) is 6.35. The molecule has 33 heavy (non-hydrogen) atoms. The van der Waals surface area contributed by atoms with E-state index in [1.807, 2.05) is 61.5 Å². The van der Waals surface area contributed by atoms with Crippen LogP contribution in [0.1, 0.15) is 16.8 Å². The Balaban J connectivity index is 1.52. The zero-order chi connectivity index (χ0) is 23.7. The molecule has 9 heteroatoms. The Hall–Kier alpha value is -3.43. The first-order valence-corrected chi connectivity index (χ1v) is 11.4. The van der Waals surface area contributed by atoms with Crippen LogP contribution in [-0.2, 0) is 16.6 Å². The minimum atomic E-state index is -0.492. The number of hydrogen-bond donors (Lipinski definition) is 1. The first-order valence-electron chi connectivity index (χ1n) is 10.2. The fourth-order valence-corrected chi connectivity index (χ4v) is 4.74. The number of aromatic nitrogens is 2. The molecule has 0 spiro atoms. The number of nitrogens with one attached hydrogen (secondary N) is 1. The van der Waals surface area contributed by atoms with Crippen LogP contribution >= 0.6 is 24.0 Å². The summed E-state index contributed by atoms with van der Waals surface area (Å²) in [5, 5.41) is 2.67. The number of thiocarbonyl (C=S) groups is 1. The summed E-state index contributed by atoms with van der Waals surface area (Å²) in [5.41, 5.74) is 3.12. The minimum Gasteiger partial charge on any atom is -0.318 e. The fraction of sp³-hybridized carbons (Fsp3) is 0.167. The molecule has 1 N–H and O–H groups in total. The van der Waals surface area contributed by atoms with Crippen LogP contribution < -0.4 is 10.9 Å². The van der Waals surface area contributed by atoms with Crippen LogP contribution in [0.25, 0.3) is 11.8 Å². The van der Waals surface area contributed by atoms with Crippen LogP contribution in [0.5, 0.6) is 0 Å². The van der Waals surface area contributed by atoms with E-state index < -0.39 is 5.91 Å². The Morgan fingerprint density at radius 3 is 2.39 bits per heavy atom. The van der Waals surface area contributed by atoms with Crippen molar-refractivity contribution in [1.29, 1.82) is 0 Å². The smallest absolute Gasteiger partial charge is 0.295 e. The molecule has 1 saturated heterocycles. The number of rotatable bonds is 5. The van der Waals surface area contributed by atoms with Crippen LogP contribution in [0, 0.1) is 13.8 Å². The number of amides is 2. The van der Waals surface area contributed by atoms with Crippen molar-refractivity contribution in [2.24, 2.45) is 7.05 Å². The zero-order valence-corrected chi connectivity index (χ0v) is 20.0. The molecule has 7 nitrogen and oxygen atoms in total. The average Bonchev–Trinajstić information content (AvgIpc) is 3.17. The van der Waals surface area contributed by atoms with E-state index in [9.17, 15) is 14.4 Å². The standard InChI is InChI=1S/C24H22N4O3S2/c1-15-9-11-17(12-10-15)13-19-22(30)27(24(32)33-19)14-20(29)25-21-16(2)26(3)28(23(21)31)18-7-5-4-6-8-18/h4-13H,14H2,1-3H3,(H,25,29). The normalized spacial score (nSPS) is 14.9. The number of nitrogens with zero attached hydrogens (tertiary/aromatic N) is 3. The van der Waals surface area contributed by atoms with Gasteiger partial charge in [0.15, 0.2) is 0 Å². The van der Waals surface area contributed by atoms with Gasteiger partial charge in [0.05, 0.1) is 16.3 Å². The highest BCUT2D eigenvalue weighted by Crippen LogP contribution is 2.32. The number of carbonyl (C=O) groups is 2. The maximum absolute atomic E-state index is 13.0. The van der Waals surface area contributed by atoms with E-state index in [0.717, 1.165) is 22.9 Å².